The van der Waals surface area contributed by atoms with E-state index in [0.29, 0.717) is 6.07 Å². The Labute approximate surface area is 120 Å². The minimum Gasteiger partial charge on any atom is -0.381 e. The van der Waals surface area contributed by atoms with Crippen molar-refractivity contribution in [2.45, 2.75) is 31.8 Å². The van der Waals surface area contributed by atoms with Gasteiger partial charge < -0.3 is 10.4 Å². The lowest BCUT2D eigenvalue weighted by Crippen LogP contribution is -2.40. The van der Waals surface area contributed by atoms with Crippen LogP contribution >= 0.6 is 0 Å². The average molecular weight is 297 g/mol. The molecule has 0 saturated carbocycles. The molecule has 1 amide bonds. The van der Waals surface area contributed by atoms with Crippen LogP contribution in [0.2, 0.25) is 13.1 Å². The zero-order valence-electron chi connectivity index (χ0n) is 11.5. The predicted molar refractivity (Wildman–Crippen MR) is 71.8 cm³/mol. The first kappa shape index (κ1) is 17.0. The Balaban J connectivity index is 3.07. The zero-order valence-corrected chi connectivity index (χ0v) is 11.5. The molecule has 0 aromatic heterocycles. The van der Waals surface area contributed by atoms with Gasteiger partial charge in [0.2, 0.25) is 0 Å². The topological polar surface area (TPSA) is 73.1 Å². The summed E-state index contributed by atoms with van der Waals surface area (Å²) in [6.45, 7) is 2.90. The van der Waals surface area contributed by atoms with Gasteiger partial charge in [0.25, 0.3) is 5.91 Å². The molecule has 1 aromatic carbocycles. The van der Waals surface area contributed by atoms with Crippen molar-refractivity contribution >= 4 is 18.9 Å². The molecule has 1 aromatic rings. The Hall–Kier alpha value is -2.01. The number of amides is 1. The molecule has 1 atom stereocenters. The summed E-state index contributed by atoms with van der Waals surface area (Å²) >= 11 is 0. The molecule has 0 heterocycles. The highest BCUT2D eigenvalue weighted by Crippen LogP contribution is 2.33. The third-order valence-electron chi connectivity index (χ3n) is 2.79. The quantitative estimate of drug-likeness (QED) is 0.838. The van der Waals surface area contributed by atoms with Crippen LogP contribution in [0.15, 0.2) is 18.2 Å². The fourth-order valence-electron chi connectivity index (χ4n) is 1.71. The van der Waals surface area contributed by atoms with Gasteiger partial charge in [0.15, 0.2) is 0 Å². The molecule has 0 unspecified atom stereocenters. The van der Waals surface area contributed by atoms with Crippen molar-refractivity contribution in [1.29, 1.82) is 5.26 Å². The van der Waals surface area contributed by atoms with Crippen molar-refractivity contribution in [1.82, 2.24) is 0 Å². The Bertz CT molecular complexity index is 580. The van der Waals surface area contributed by atoms with Gasteiger partial charge in [0.1, 0.15) is 12.9 Å². The molecule has 1 radical (unpaired) electrons. The molecule has 21 heavy (non-hydrogen) atoms. The highest BCUT2D eigenvalue weighted by Gasteiger charge is 2.34. The lowest BCUT2D eigenvalue weighted by atomic mass is 9.70. The van der Waals surface area contributed by atoms with Crippen molar-refractivity contribution in [3.8, 4) is 6.07 Å². The van der Waals surface area contributed by atoms with Crippen LogP contribution in [0, 0.1) is 11.3 Å². The summed E-state index contributed by atoms with van der Waals surface area (Å²) < 4.78 is 38.4. The highest BCUT2D eigenvalue weighted by atomic mass is 19.4. The van der Waals surface area contributed by atoms with E-state index in [9.17, 15) is 23.1 Å². The molecule has 0 spiro atoms. The van der Waals surface area contributed by atoms with Gasteiger partial charge in [-0.1, -0.05) is 6.82 Å². The van der Waals surface area contributed by atoms with Crippen LogP contribution < -0.4 is 5.32 Å². The first-order valence-corrected chi connectivity index (χ1v) is 6.05. The SMILES string of the molecule is C[B]C[C@](C)(O)C(=O)Nc1ccc(C#N)c(C(F)(F)F)c1. The number of rotatable bonds is 4. The van der Waals surface area contributed by atoms with Gasteiger partial charge in [0.05, 0.1) is 17.2 Å². The minimum absolute atomic E-state index is 0.0568. The van der Waals surface area contributed by atoms with E-state index < -0.39 is 28.8 Å². The number of carbonyl (C=O) groups excluding carboxylic acids is 1. The number of nitrogens with zero attached hydrogens (tertiary/aromatic N) is 1. The fourth-order valence-corrected chi connectivity index (χ4v) is 1.71. The first-order chi connectivity index (χ1) is 9.61. The normalized spacial score (nSPS) is 14.0. The number of carbonyl (C=O) groups is 1. The average Bonchev–Trinajstić information content (AvgIpc) is 2.37. The van der Waals surface area contributed by atoms with Crippen molar-refractivity contribution in [2.75, 3.05) is 5.32 Å². The molecule has 0 aliphatic carbocycles. The van der Waals surface area contributed by atoms with E-state index in [1.165, 1.54) is 19.1 Å². The van der Waals surface area contributed by atoms with Gasteiger partial charge in [-0.2, -0.15) is 18.4 Å². The summed E-state index contributed by atoms with van der Waals surface area (Å²) in [7, 11) is 1.57. The number of benzene rings is 1. The number of hydrogen-bond acceptors (Lipinski definition) is 3. The van der Waals surface area contributed by atoms with Crippen LogP contribution in [0.3, 0.4) is 0 Å². The van der Waals surface area contributed by atoms with Crippen LogP contribution in [0.1, 0.15) is 18.1 Å². The standard InChI is InChI=1S/C13H13BF3N2O2/c1-12(21,7-14-2)11(20)19-9-4-3-8(6-18)10(5-9)13(15,16)17/h3-5,21H,7H2,1-2H3,(H,19,20)/t12-/m0/s1. The molecule has 2 N–H and O–H groups in total. The number of aliphatic hydroxyl groups is 1. The molecular weight excluding hydrogens is 284 g/mol. The molecule has 111 valence electrons. The number of hydrogen-bond donors (Lipinski definition) is 2. The number of halogens is 3. The second-order valence-electron chi connectivity index (χ2n) is 4.71. The van der Waals surface area contributed by atoms with Crippen LogP contribution in [-0.4, -0.2) is 23.9 Å². The molecule has 4 nitrogen and oxygen atoms in total. The maximum Gasteiger partial charge on any atom is 0.417 e. The maximum absolute atomic E-state index is 12.8. The van der Waals surface area contributed by atoms with Crippen molar-refractivity contribution in [2.24, 2.45) is 0 Å². The van der Waals surface area contributed by atoms with E-state index in [1.807, 2.05) is 0 Å². The van der Waals surface area contributed by atoms with Crippen LogP contribution in [0.5, 0.6) is 0 Å². The second kappa shape index (κ2) is 6.18. The summed E-state index contributed by atoms with van der Waals surface area (Å²) in [6, 6.07) is 4.26. The Kier molecular flexibility index (Phi) is 5.02. The smallest absolute Gasteiger partial charge is 0.381 e. The van der Waals surface area contributed by atoms with Crippen LogP contribution in [0.25, 0.3) is 0 Å². The second-order valence-corrected chi connectivity index (χ2v) is 4.71. The monoisotopic (exact) mass is 297 g/mol. The summed E-state index contributed by atoms with van der Waals surface area (Å²) in [5.74, 6) is -0.821. The molecule has 0 aliphatic heterocycles. The van der Waals surface area contributed by atoms with Gasteiger partial charge in [-0.15, -0.1) is 0 Å². The van der Waals surface area contributed by atoms with Crippen molar-refractivity contribution in [3.05, 3.63) is 29.3 Å². The zero-order chi connectivity index (χ0) is 16.3. The first-order valence-electron chi connectivity index (χ1n) is 6.05. The molecule has 0 saturated heterocycles. The third kappa shape index (κ3) is 4.23. The third-order valence-corrected chi connectivity index (χ3v) is 2.79. The largest absolute Gasteiger partial charge is 0.417 e. The number of nitriles is 1. The van der Waals surface area contributed by atoms with Gasteiger partial charge in [0, 0.05) is 5.69 Å². The van der Waals surface area contributed by atoms with Crippen molar-refractivity contribution < 1.29 is 23.1 Å². The van der Waals surface area contributed by atoms with E-state index in [4.69, 9.17) is 5.26 Å². The lowest BCUT2D eigenvalue weighted by molar-refractivity contribution is -0.137. The van der Waals surface area contributed by atoms with Gasteiger partial charge in [-0.05, 0) is 31.4 Å². The summed E-state index contributed by atoms with van der Waals surface area (Å²) in [6.07, 6.45) is -4.65. The van der Waals surface area contributed by atoms with E-state index in [0.717, 1.165) is 6.07 Å². The molecule has 8 heteroatoms. The Morgan fingerprint density at radius 1 is 1.48 bits per heavy atom. The predicted octanol–water partition coefficient (Wildman–Crippen LogP) is 2.44. The summed E-state index contributed by atoms with van der Waals surface area (Å²) in [4.78, 5) is 11.8. The number of alkyl halides is 3. The summed E-state index contributed by atoms with van der Waals surface area (Å²) in [5.41, 5.74) is -3.53. The minimum atomic E-state index is -4.70. The highest BCUT2D eigenvalue weighted by molar-refractivity contribution is 6.35. The Morgan fingerprint density at radius 2 is 2.10 bits per heavy atom. The lowest BCUT2D eigenvalue weighted by Gasteiger charge is -2.22. The molecule has 0 bridgehead atoms. The summed E-state index contributed by atoms with van der Waals surface area (Å²) in [5, 5.41) is 20.7. The maximum atomic E-state index is 12.8. The molecule has 0 aliphatic rings. The van der Waals surface area contributed by atoms with Crippen LogP contribution in [-0.2, 0) is 11.0 Å². The van der Waals surface area contributed by atoms with Crippen LogP contribution in [0.4, 0.5) is 18.9 Å². The molecule has 0 fully saturated rings. The number of nitrogens with one attached hydrogen (secondary N) is 1. The van der Waals surface area contributed by atoms with E-state index in [1.54, 1.807) is 14.1 Å². The van der Waals surface area contributed by atoms with Gasteiger partial charge in [-0.3, -0.25) is 4.79 Å². The fraction of sp³-hybridized carbons (Fsp3) is 0.385. The number of anilines is 1. The molecular formula is C13H13BF3N2O2. The van der Waals surface area contributed by atoms with Gasteiger partial charge >= 0.3 is 6.18 Å². The Morgan fingerprint density at radius 3 is 2.57 bits per heavy atom. The molecule has 1 rings (SSSR count). The van der Waals surface area contributed by atoms with Gasteiger partial charge in [-0.25, -0.2) is 0 Å². The van der Waals surface area contributed by atoms with E-state index >= 15 is 0 Å². The van der Waals surface area contributed by atoms with E-state index in [2.05, 4.69) is 5.32 Å². The van der Waals surface area contributed by atoms with E-state index in [-0.39, 0.29) is 12.0 Å². The van der Waals surface area contributed by atoms with Crippen molar-refractivity contribution in [3.63, 3.8) is 0 Å².